The van der Waals surface area contributed by atoms with E-state index in [1.807, 2.05) is 13.8 Å². The van der Waals surface area contributed by atoms with Gasteiger partial charge in [0, 0.05) is 0 Å². The Morgan fingerprint density at radius 1 is 1.36 bits per heavy atom. The number of ether oxygens (including phenoxy) is 4. The molecule has 5 nitrogen and oxygen atoms in total. The van der Waals surface area contributed by atoms with Crippen molar-refractivity contribution in [2.75, 3.05) is 13.2 Å². The summed E-state index contributed by atoms with van der Waals surface area (Å²) in [5.41, 5.74) is 0. The lowest BCUT2D eigenvalue weighted by Gasteiger charge is -2.47. The van der Waals surface area contributed by atoms with Gasteiger partial charge in [0.15, 0.2) is 5.79 Å². The van der Waals surface area contributed by atoms with Gasteiger partial charge in [-0.25, -0.2) is 0 Å². The molecule has 0 amide bonds. The van der Waals surface area contributed by atoms with Crippen LogP contribution in [0.3, 0.4) is 0 Å². The zero-order valence-electron chi connectivity index (χ0n) is 8.23. The van der Waals surface area contributed by atoms with Crippen LogP contribution in [0, 0.1) is 0 Å². The van der Waals surface area contributed by atoms with E-state index in [1.54, 1.807) is 0 Å². The Labute approximate surface area is 81.9 Å². The van der Waals surface area contributed by atoms with Crippen molar-refractivity contribution in [2.45, 2.75) is 43.7 Å². The third kappa shape index (κ3) is 1.02. The van der Waals surface area contributed by atoms with Crippen LogP contribution in [0.4, 0.5) is 0 Å². The van der Waals surface area contributed by atoms with E-state index in [4.69, 9.17) is 18.9 Å². The number of fused-ring (bicyclic) bond motifs is 2. The van der Waals surface area contributed by atoms with Crippen molar-refractivity contribution >= 4 is 0 Å². The number of rotatable bonds is 0. The summed E-state index contributed by atoms with van der Waals surface area (Å²) in [4.78, 5) is 0. The molecule has 4 fully saturated rings. The quantitative estimate of drug-likeness (QED) is 0.580. The first-order valence-electron chi connectivity index (χ1n) is 4.84. The number of aliphatic hydroxyl groups excluding tert-OH is 1. The molecule has 0 saturated carbocycles. The number of aliphatic hydroxyl groups is 1. The van der Waals surface area contributed by atoms with Crippen LogP contribution < -0.4 is 0 Å². The first-order chi connectivity index (χ1) is 6.53. The fraction of sp³-hybridized carbons (Fsp3) is 1.00. The topological polar surface area (TPSA) is 57.2 Å². The van der Waals surface area contributed by atoms with Gasteiger partial charge in [-0.3, -0.25) is 0 Å². The molecule has 0 radical (unpaired) electrons. The fourth-order valence-electron chi connectivity index (χ4n) is 2.38. The molecular weight excluding hydrogens is 188 g/mol. The van der Waals surface area contributed by atoms with E-state index in [-0.39, 0.29) is 6.10 Å². The smallest absolute Gasteiger partial charge is 0.224 e. The molecule has 0 aromatic heterocycles. The molecule has 1 N–H and O–H groups in total. The van der Waals surface area contributed by atoms with Crippen molar-refractivity contribution in [2.24, 2.45) is 0 Å². The third-order valence-electron chi connectivity index (χ3n) is 2.94. The first kappa shape index (κ1) is 9.06. The molecule has 4 heterocycles. The molecule has 1 spiro atoms. The molecule has 5 heteroatoms. The van der Waals surface area contributed by atoms with Gasteiger partial charge in [0.05, 0.1) is 6.61 Å². The van der Waals surface area contributed by atoms with Crippen molar-refractivity contribution in [1.82, 2.24) is 0 Å². The van der Waals surface area contributed by atoms with Gasteiger partial charge in [-0.05, 0) is 13.8 Å². The Hall–Kier alpha value is -0.200. The molecule has 0 aromatic carbocycles. The second-order valence-electron chi connectivity index (χ2n) is 4.50. The normalized spacial score (nSPS) is 54.6. The van der Waals surface area contributed by atoms with Gasteiger partial charge in [0.2, 0.25) is 5.79 Å². The fourth-order valence-corrected chi connectivity index (χ4v) is 2.38. The number of hydrogen-bond donors (Lipinski definition) is 1. The van der Waals surface area contributed by atoms with E-state index in [9.17, 15) is 5.11 Å². The molecule has 4 rings (SSSR count). The molecule has 4 saturated heterocycles. The zero-order chi connectivity index (χ0) is 9.97. The predicted molar refractivity (Wildman–Crippen MR) is 44.5 cm³/mol. The standard InChI is InChI=1S/C9H14O5/c1-8(2)13-7-6(10)5-3-12-9(7,14-8)4-11-5/h5-7,10H,3-4H2,1-2H3/t5-,6+,7-,9?/m0/s1. The summed E-state index contributed by atoms with van der Waals surface area (Å²) in [5, 5.41) is 9.89. The van der Waals surface area contributed by atoms with Gasteiger partial charge in [0.1, 0.15) is 24.9 Å². The highest BCUT2D eigenvalue weighted by Gasteiger charge is 2.65. The largest absolute Gasteiger partial charge is 0.387 e. The molecule has 1 unspecified atom stereocenters. The molecular formula is C9H14O5. The Morgan fingerprint density at radius 2 is 2.14 bits per heavy atom. The van der Waals surface area contributed by atoms with Crippen molar-refractivity contribution in [1.29, 1.82) is 0 Å². The molecule has 14 heavy (non-hydrogen) atoms. The third-order valence-corrected chi connectivity index (χ3v) is 2.94. The van der Waals surface area contributed by atoms with E-state index < -0.39 is 23.8 Å². The highest BCUT2D eigenvalue weighted by atomic mass is 16.9. The van der Waals surface area contributed by atoms with Crippen LogP contribution in [-0.4, -0.2) is 48.2 Å². The maximum atomic E-state index is 9.89. The molecule has 0 aliphatic carbocycles. The van der Waals surface area contributed by atoms with Crippen molar-refractivity contribution in [3.8, 4) is 0 Å². The van der Waals surface area contributed by atoms with Gasteiger partial charge < -0.3 is 24.1 Å². The summed E-state index contributed by atoms with van der Waals surface area (Å²) in [5.74, 6) is -1.61. The molecule has 2 bridgehead atoms. The minimum atomic E-state index is -0.891. The van der Waals surface area contributed by atoms with Gasteiger partial charge in [-0.2, -0.15) is 0 Å². The van der Waals surface area contributed by atoms with Crippen molar-refractivity contribution in [3.05, 3.63) is 0 Å². The van der Waals surface area contributed by atoms with Crippen molar-refractivity contribution < 1.29 is 24.1 Å². The van der Waals surface area contributed by atoms with Gasteiger partial charge in [-0.1, -0.05) is 0 Å². The lowest BCUT2D eigenvalue weighted by atomic mass is 9.94. The van der Waals surface area contributed by atoms with E-state index in [1.165, 1.54) is 0 Å². The average Bonchev–Trinajstić information content (AvgIpc) is 2.38. The van der Waals surface area contributed by atoms with E-state index in [0.29, 0.717) is 13.2 Å². The van der Waals surface area contributed by atoms with E-state index in [2.05, 4.69) is 0 Å². The minimum absolute atomic E-state index is 0.278. The lowest BCUT2D eigenvalue weighted by Crippen LogP contribution is -2.67. The lowest BCUT2D eigenvalue weighted by molar-refractivity contribution is -0.360. The number of hydrogen-bond acceptors (Lipinski definition) is 5. The van der Waals surface area contributed by atoms with Crippen LogP contribution in [-0.2, 0) is 18.9 Å². The molecule has 4 atom stereocenters. The molecule has 4 aliphatic rings. The molecule has 4 aliphatic heterocycles. The Bertz CT molecular complexity index is 256. The monoisotopic (exact) mass is 202 g/mol. The highest BCUT2D eigenvalue weighted by Crippen LogP contribution is 2.45. The van der Waals surface area contributed by atoms with Crippen LogP contribution in [0.25, 0.3) is 0 Å². The van der Waals surface area contributed by atoms with Crippen LogP contribution in [0.5, 0.6) is 0 Å². The Morgan fingerprint density at radius 3 is 2.71 bits per heavy atom. The molecule has 0 aromatic rings. The zero-order valence-corrected chi connectivity index (χ0v) is 8.23. The van der Waals surface area contributed by atoms with Gasteiger partial charge >= 0.3 is 0 Å². The Balaban J connectivity index is 1.96. The summed E-state index contributed by atoms with van der Waals surface area (Å²) in [6, 6.07) is 0. The van der Waals surface area contributed by atoms with Gasteiger partial charge in [-0.15, -0.1) is 0 Å². The Kier molecular flexibility index (Phi) is 1.61. The summed E-state index contributed by atoms with van der Waals surface area (Å²) in [7, 11) is 0. The summed E-state index contributed by atoms with van der Waals surface area (Å²) >= 11 is 0. The summed E-state index contributed by atoms with van der Waals surface area (Å²) in [6.07, 6.45) is -1.36. The highest BCUT2D eigenvalue weighted by molar-refractivity contribution is 5.03. The van der Waals surface area contributed by atoms with E-state index >= 15 is 0 Å². The minimum Gasteiger partial charge on any atom is -0.387 e. The second-order valence-corrected chi connectivity index (χ2v) is 4.50. The van der Waals surface area contributed by atoms with Gasteiger partial charge in [0.25, 0.3) is 0 Å². The van der Waals surface area contributed by atoms with Crippen LogP contribution in [0.15, 0.2) is 0 Å². The first-order valence-corrected chi connectivity index (χ1v) is 4.84. The summed E-state index contributed by atoms with van der Waals surface area (Å²) in [6.45, 7) is 4.33. The van der Waals surface area contributed by atoms with Crippen LogP contribution >= 0.6 is 0 Å². The van der Waals surface area contributed by atoms with E-state index in [0.717, 1.165) is 0 Å². The predicted octanol–water partition coefficient (Wildman–Crippen LogP) is -0.376. The van der Waals surface area contributed by atoms with Crippen LogP contribution in [0.2, 0.25) is 0 Å². The second kappa shape index (κ2) is 2.48. The maximum absolute atomic E-state index is 9.89. The summed E-state index contributed by atoms with van der Waals surface area (Å²) < 4.78 is 22.3. The van der Waals surface area contributed by atoms with Crippen LogP contribution in [0.1, 0.15) is 13.8 Å². The maximum Gasteiger partial charge on any atom is 0.224 e. The molecule has 80 valence electrons. The average molecular weight is 202 g/mol. The van der Waals surface area contributed by atoms with Crippen molar-refractivity contribution in [3.63, 3.8) is 0 Å². The SMILES string of the molecule is CC1(C)O[C@H]2[C@H](O)[C@@H]3COC2(CO3)O1.